The maximum atomic E-state index is 4.28. The zero-order chi connectivity index (χ0) is 15.8. The predicted octanol–water partition coefficient (Wildman–Crippen LogP) is 3.58. The predicted molar refractivity (Wildman–Crippen MR) is 110 cm³/mol. The SMILES string of the molecule is CN=C(NCCc1ccncc1C)NCC(C)c1cccs1.I. The van der Waals surface area contributed by atoms with Gasteiger partial charge in [-0.15, -0.1) is 35.3 Å². The average Bonchev–Trinajstić information content (AvgIpc) is 3.06. The topological polar surface area (TPSA) is 49.3 Å². The first-order chi connectivity index (χ1) is 10.7. The van der Waals surface area contributed by atoms with Crippen LogP contribution in [0.1, 0.15) is 28.8 Å². The monoisotopic (exact) mass is 444 g/mol. The number of aliphatic imine (C=N–C) groups is 1. The van der Waals surface area contributed by atoms with Gasteiger partial charge in [-0.05, 0) is 42.0 Å². The molecule has 1 unspecified atom stereocenters. The van der Waals surface area contributed by atoms with Crippen molar-refractivity contribution in [1.29, 1.82) is 0 Å². The molecule has 1 atom stereocenters. The Balaban J connectivity index is 0.00000264. The minimum atomic E-state index is 0. The van der Waals surface area contributed by atoms with Crippen molar-refractivity contribution in [1.82, 2.24) is 15.6 Å². The molecule has 0 saturated heterocycles. The molecule has 6 heteroatoms. The maximum absolute atomic E-state index is 4.28. The van der Waals surface area contributed by atoms with Gasteiger partial charge in [0.25, 0.3) is 0 Å². The summed E-state index contributed by atoms with van der Waals surface area (Å²) in [6.45, 7) is 6.07. The van der Waals surface area contributed by atoms with Gasteiger partial charge in [-0.3, -0.25) is 9.98 Å². The molecule has 2 aromatic heterocycles. The van der Waals surface area contributed by atoms with Crippen molar-refractivity contribution in [2.24, 2.45) is 4.99 Å². The summed E-state index contributed by atoms with van der Waals surface area (Å²) in [5, 5.41) is 8.88. The number of hydrogen-bond donors (Lipinski definition) is 2. The lowest BCUT2D eigenvalue weighted by molar-refractivity contribution is 0.706. The van der Waals surface area contributed by atoms with Gasteiger partial charge in [0.15, 0.2) is 5.96 Å². The summed E-state index contributed by atoms with van der Waals surface area (Å²) in [6, 6.07) is 6.35. The summed E-state index contributed by atoms with van der Waals surface area (Å²) >= 11 is 1.80. The summed E-state index contributed by atoms with van der Waals surface area (Å²) in [5.41, 5.74) is 2.56. The molecule has 0 saturated carbocycles. The number of hydrogen-bond acceptors (Lipinski definition) is 3. The van der Waals surface area contributed by atoms with Crippen LogP contribution < -0.4 is 10.6 Å². The Hall–Kier alpha value is -1.15. The zero-order valence-electron chi connectivity index (χ0n) is 13.9. The first kappa shape index (κ1) is 19.9. The highest BCUT2D eigenvalue weighted by Crippen LogP contribution is 2.19. The number of thiophene rings is 1. The fourth-order valence-corrected chi connectivity index (χ4v) is 3.03. The molecular formula is C17H25IN4S. The van der Waals surface area contributed by atoms with Crippen molar-refractivity contribution in [3.63, 3.8) is 0 Å². The van der Waals surface area contributed by atoms with Gasteiger partial charge >= 0.3 is 0 Å². The van der Waals surface area contributed by atoms with Crippen LogP contribution >= 0.6 is 35.3 Å². The van der Waals surface area contributed by atoms with Crippen LogP contribution in [-0.4, -0.2) is 31.1 Å². The number of guanidine groups is 1. The van der Waals surface area contributed by atoms with Crippen LogP contribution in [0.2, 0.25) is 0 Å². The Bertz CT molecular complexity index is 598. The van der Waals surface area contributed by atoms with E-state index in [1.54, 1.807) is 11.3 Å². The van der Waals surface area contributed by atoms with Crippen molar-refractivity contribution in [2.75, 3.05) is 20.1 Å². The lowest BCUT2D eigenvalue weighted by Crippen LogP contribution is -2.39. The maximum Gasteiger partial charge on any atom is 0.191 e. The molecule has 0 spiro atoms. The van der Waals surface area contributed by atoms with E-state index in [1.165, 1.54) is 16.0 Å². The second-order valence-corrected chi connectivity index (χ2v) is 6.33. The lowest BCUT2D eigenvalue weighted by Gasteiger charge is -2.15. The molecule has 2 rings (SSSR count). The van der Waals surface area contributed by atoms with Crippen LogP contribution in [0.3, 0.4) is 0 Å². The van der Waals surface area contributed by atoms with Gasteiger partial charge in [0.2, 0.25) is 0 Å². The number of nitrogens with zero attached hydrogens (tertiary/aromatic N) is 2. The first-order valence-electron chi connectivity index (χ1n) is 7.58. The summed E-state index contributed by atoms with van der Waals surface area (Å²) in [7, 11) is 1.81. The summed E-state index contributed by atoms with van der Waals surface area (Å²) in [6.07, 6.45) is 4.72. The molecular weight excluding hydrogens is 419 g/mol. The molecule has 126 valence electrons. The van der Waals surface area contributed by atoms with E-state index in [-0.39, 0.29) is 24.0 Å². The Morgan fingerprint density at radius 2 is 2.17 bits per heavy atom. The Labute approximate surface area is 159 Å². The standard InChI is InChI=1S/C17H24N4S.HI/c1-13-11-19-8-6-15(13)7-9-20-17(18-3)21-12-14(2)16-5-4-10-22-16;/h4-6,8,10-11,14H,7,9,12H2,1-3H3,(H2,18,20,21);1H. The summed E-state index contributed by atoms with van der Waals surface area (Å²) in [4.78, 5) is 9.80. The molecule has 23 heavy (non-hydrogen) atoms. The van der Waals surface area contributed by atoms with E-state index in [0.29, 0.717) is 5.92 Å². The molecule has 0 aliphatic heterocycles. The van der Waals surface area contributed by atoms with Crippen molar-refractivity contribution < 1.29 is 0 Å². The van der Waals surface area contributed by atoms with Gasteiger partial charge < -0.3 is 10.6 Å². The molecule has 2 aromatic rings. The van der Waals surface area contributed by atoms with Gasteiger partial charge in [0.1, 0.15) is 0 Å². The van der Waals surface area contributed by atoms with Gasteiger partial charge in [0.05, 0.1) is 0 Å². The van der Waals surface area contributed by atoms with Crippen molar-refractivity contribution >= 4 is 41.3 Å². The highest BCUT2D eigenvalue weighted by Gasteiger charge is 2.07. The minimum Gasteiger partial charge on any atom is -0.356 e. The largest absolute Gasteiger partial charge is 0.356 e. The van der Waals surface area contributed by atoms with Crippen molar-refractivity contribution in [2.45, 2.75) is 26.2 Å². The molecule has 0 radical (unpaired) electrons. The highest BCUT2D eigenvalue weighted by molar-refractivity contribution is 14.0. The molecule has 0 aliphatic carbocycles. The van der Waals surface area contributed by atoms with Crippen LogP contribution in [0, 0.1) is 6.92 Å². The Morgan fingerprint density at radius 3 is 2.83 bits per heavy atom. The Morgan fingerprint density at radius 1 is 1.35 bits per heavy atom. The van der Waals surface area contributed by atoms with E-state index in [1.807, 2.05) is 19.4 Å². The van der Waals surface area contributed by atoms with E-state index in [4.69, 9.17) is 0 Å². The fourth-order valence-electron chi connectivity index (χ4n) is 2.24. The molecule has 0 aliphatic rings. The summed E-state index contributed by atoms with van der Waals surface area (Å²) in [5.74, 6) is 1.34. The number of aromatic nitrogens is 1. The van der Waals surface area contributed by atoms with Crippen LogP contribution in [-0.2, 0) is 6.42 Å². The van der Waals surface area contributed by atoms with E-state index in [2.05, 4.69) is 58.0 Å². The molecule has 0 bridgehead atoms. The average molecular weight is 444 g/mol. The second kappa shape index (κ2) is 10.6. The normalized spacial score (nSPS) is 12.4. The molecule has 4 nitrogen and oxygen atoms in total. The first-order valence-corrected chi connectivity index (χ1v) is 8.46. The van der Waals surface area contributed by atoms with Gasteiger partial charge in [-0.2, -0.15) is 0 Å². The van der Waals surface area contributed by atoms with Crippen LogP contribution in [0.15, 0.2) is 41.0 Å². The third kappa shape index (κ3) is 6.47. The van der Waals surface area contributed by atoms with Crippen LogP contribution in [0.25, 0.3) is 0 Å². The number of aryl methyl sites for hydroxylation is 1. The van der Waals surface area contributed by atoms with E-state index >= 15 is 0 Å². The van der Waals surface area contributed by atoms with Gasteiger partial charge in [-0.25, -0.2) is 0 Å². The molecule has 0 amide bonds. The Kier molecular flexibility index (Phi) is 9.16. The second-order valence-electron chi connectivity index (χ2n) is 5.35. The zero-order valence-corrected chi connectivity index (χ0v) is 17.0. The third-order valence-corrected chi connectivity index (χ3v) is 4.76. The van der Waals surface area contributed by atoms with Crippen molar-refractivity contribution in [3.8, 4) is 0 Å². The smallest absolute Gasteiger partial charge is 0.191 e. The molecule has 2 heterocycles. The van der Waals surface area contributed by atoms with E-state index in [9.17, 15) is 0 Å². The molecule has 0 aromatic carbocycles. The van der Waals surface area contributed by atoms with E-state index in [0.717, 1.165) is 25.5 Å². The third-order valence-electron chi connectivity index (χ3n) is 3.65. The molecule has 0 fully saturated rings. The number of nitrogens with one attached hydrogen (secondary N) is 2. The van der Waals surface area contributed by atoms with Gasteiger partial charge in [0, 0.05) is 43.3 Å². The lowest BCUT2D eigenvalue weighted by atomic mass is 10.1. The minimum absolute atomic E-state index is 0. The van der Waals surface area contributed by atoms with Crippen LogP contribution in [0.5, 0.6) is 0 Å². The van der Waals surface area contributed by atoms with Crippen LogP contribution in [0.4, 0.5) is 0 Å². The van der Waals surface area contributed by atoms with E-state index < -0.39 is 0 Å². The molecule has 2 N–H and O–H groups in total. The number of rotatable bonds is 6. The quantitative estimate of drug-likeness (QED) is 0.407. The summed E-state index contributed by atoms with van der Waals surface area (Å²) < 4.78 is 0. The number of halogens is 1. The van der Waals surface area contributed by atoms with Crippen molar-refractivity contribution in [3.05, 3.63) is 52.0 Å². The fraction of sp³-hybridized carbons (Fsp3) is 0.412. The highest BCUT2D eigenvalue weighted by atomic mass is 127. The van der Waals surface area contributed by atoms with Gasteiger partial charge in [-0.1, -0.05) is 13.0 Å². The number of pyridine rings is 1.